The summed E-state index contributed by atoms with van der Waals surface area (Å²) in [6.07, 6.45) is 1.49. The van der Waals surface area contributed by atoms with Gasteiger partial charge in [-0.2, -0.15) is 5.26 Å². The topological polar surface area (TPSA) is 91.2 Å². The average molecular weight is 500 g/mol. The first kappa shape index (κ1) is 24.6. The molecule has 2 aromatic rings. The molecule has 2 heterocycles. The molecule has 1 aromatic carbocycles. The Labute approximate surface area is 206 Å². The number of anilines is 1. The van der Waals surface area contributed by atoms with Crippen LogP contribution in [-0.4, -0.2) is 24.2 Å². The third-order valence-electron chi connectivity index (χ3n) is 4.85. The molecule has 1 amide bonds. The number of nitriles is 1. The SMILES string of the molecule is C=CCOC(=O)C1=C(C)NC(SCC(=O)Nc2cc(Cl)ccc2C)=C(C#N)[C@@H]1c1cccs1. The molecule has 170 valence electrons. The molecule has 0 bridgehead atoms. The number of benzene rings is 1. The zero-order chi connectivity index (χ0) is 24.0. The van der Waals surface area contributed by atoms with Gasteiger partial charge in [-0.25, -0.2) is 4.79 Å². The average Bonchev–Trinajstić information content (AvgIpc) is 3.32. The number of hydrogen-bond donors (Lipinski definition) is 2. The highest BCUT2D eigenvalue weighted by Gasteiger charge is 2.36. The molecular formula is C24H22ClN3O3S2. The van der Waals surface area contributed by atoms with E-state index in [0.29, 0.717) is 32.6 Å². The molecule has 1 atom stereocenters. The Bertz CT molecular complexity index is 1180. The summed E-state index contributed by atoms with van der Waals surface area (Å²) < 4.78 is 5.28. The van der Waals surface area contributed by atoms with Gasteiger partial charge < -0.3 is 15.4 Å². The van der Waals surface area contributed by atoms with Gasteiger partial charge in [0.15, 0.2) is 0 Å². The van der Waals surface area contributed by atoms with E-state index in [-0.39, 0.29) is 18.3 Å². The molecule has 1 aromatic heterocycles. The Balaban J connectivity index is 1.84. The smallest absolute Gasteiger partial charge is 0.337 e. The molecule has 0 fully saturated rings. The predicted octanol–water partition coefficient (Wildman–Crippen LogP) is 5.51. The molecule has 3 rings (SSSR count). The summed E-state index contributed by atoms with van der Waals surface area (Å²) in [6.45, 7) is 7.28. The van der Waals surface area contributed by atoms with Crippen molar-refractivity contribution in [3.8, 4) is 6.07 Å². The molecule has 0 saturated carbocycles. The summed E-state index contributed by atoms with van der Waals surface area (Å²) in [6, 6.07) is 11.3. The van der Waals surface area contributed by atoms with Gasteiger partial charge >= 0.3 is 5.97 Å². The fourth-order valence-corrected chi connectivity index (χ4v) is 5.21. The van der Waals surface area contributed by atoms with E-state index in [1.165, 1.54) is 29.2 Å². The number of esters is 1. The lowest BCUT2D eigenvalue weighted by Crippen LogP contribution is -2.29. The first-order chi connectivity index (χ1) is 15.8. The van der Waals surface area contributed by atoms with Crippen molar-refractivity contribution in [3.05, 3.63) is 85.7 Å². The van der Waals surface area contributed by atoms with Crippen molar-refractivity contribution in [1.29, 1.82) is 5.26 Å². The van der Waals surface area contributed by atoms with Crippen molar-refractivity contribution in [2.24, 2.45) is 0 Å². The second kappa shape index (κ2) is 11.2. The first-order valence-electron chi connectivity index (χ1n) is 9.98. The minimum absolute atomic E-state index is 0.0696. The number of nitrogens with zero attached hydrogens (tertiary/aromatic N) is 1. The molecular weight excluding hydrogens is 478 g/mol. The van der Waals surface area contributed by atoms with Crippen molar-refractivity contribution in [1.82, 2.24) is 5.32 Å². The van der Waals surface area contributed by atoms with Crippen molar-refractivity contribution in [2.45, 2.75) is 19.8 Å². The maximum absolute atomic E-state index is 12.8. The van der Waals surface area contributed by atoms with Crippen LogP contribution in [0.4, 0.5) is 5.69 Å². The number of amides is 1. The highest BCUT2D eigenvalue weighted by Crippen LogP contribution is 2.42. The summed E-state index contributed by atoms with van der Waals surface area (Å²) >= 11 is 8.69. The Morgan fingerprint density at radius 2 is 2.18 bits per heavy atom. The van der Waals surface area contributed by atoms with Crippen molar-refractivity contribution >= 4 is 52.3 Å². The molecule has 0 aliphatic carbocycles. The monoisotopic (exact) mass is 499 g/mol. The standard InChI is InChI=1S/C24H22ClN3O3S2/c1-4-9-31-24(30)21-15(3)27-23(17(12-26)22(21)19-6-5-10-32-19)33-13-20(29)28-18-11-16(25)8-7-14(18)2/h4-8,10-11,22,27H,1,9,13H2,2-3H3,(H,28,29)/t22-/m1/s1. The third-order valence-corrected chi connectivity index (χ3v) is 7.04. The Morgan fingerprint density at radius 3 is 2.85 bits per heavy atom. The van der Waals surface area contributed by atoms with Crippen LogP contribution in [0.3, 0.4) is 0 Å². The number of thiophene rings is 1. The van der Waals surface area contributed by atoms with Crippen LogP contribution in [-0.2, 0) is 14.3 Å². The Hall–Kier alpha value is -2.99. The van der Waals surface area contributed by atoms with E-state index in [1.54, 1.807) is 19.1 Å². The molecule has 0 radical (unpaired) electrons. The molecule has 1 aliphatic rings. The number of ether oxygens (including phenoxy) is 1. The second-order valence-electron chi connectivity index (χ2n) is 7.15. The number of hydrogen-bond acceptors (Lipinski definition) is 7. The minimum Gasteiger partial charge on any atom is -0.458 e. The van der Waals surface area contributed by atoms with Crippen LogP contribution in [0.25, 0.3) is 0 Å². The van der Waals surface area contributed by atoms with Gasteiger partial charge in [0.05, 0.1) is 33.9 Å². The van der Waals surface area contributed by atoms with Crippen LogP contribution in [0.15, 0.2) is 70.2 Å². The molecule has 0 unspecified atom stereocenters. The molecule has 1 aliphatic heterocycles. The summed E-state index contributed by atoms with van der Waals surface area (Å²) in [7, 11) is 0. The number of halogens is 1. The van der Waals surface area contributed by atoms with Crippen molar-refractivity contribution in [2.75, 3.05) is 17.7 Å². The van der Waals surface area contributed by atoms with E-state index < -0.39 is 11.9 Å². The van der Waals surface area contributed by atoms with Gasteiger partial charge in [-0.05, 0) is 43.0 Å². The molecule has 0 saturated heterocycles. The van der Waals surface area contributed by atoms with E-state index in [2.05, 4.69) is 23.3 Å². The Morgan fingerprint density at radius 1 is 1.39 bits per heavy atom. The van der Waals surface area contributed by atoms with Gasteiger partial charge in [-0.1, -0.05) is 48.2 Å². The maximum Gasteiger partial charge on any atom is 0.337 e. The van der Waals surface area contributed by atoms with E-state index in [0.717, 1.165) is 10.4 Å². The number of thioether (sulfide) groups is 1. The van der Waals surface area contributed by atoms with Crippen LogP contribution in [0.5, 0.6) is 0 Å². The van der Waals surface area contributed by atoms with Crippen molar-refractivity contribution in [3.63, 3.8) is 0 Å². The number of nitrogens with one attached hydrogen (secondary N) is 2. The first-order valence-corrected chi connectivity index (χ1v) is 12.2. The molecule has 9 heteroatoms. The Kier molecular flexibility index (Phi) is 8.39. The van der Waals surface area contributed by atoms with Crippen LogP contribution in [0.1, 0.15) is 23.3 Å². The fourth-order valence-electron chi connectivity index (χ4n) is 3.30. The van der Waals surface area contributed by atoms with Gasteiger partial charge in [0.2, 0.25) is 5.91 Å². The predicted molar refractivity (Wildman–Crippen MR) is 134 cm³/mol. The summed E-state index contributed by atoms with van der Waals surface area (Å²) in [4.78, 5) is 26.2. The van der Waals surface area contributed by atoms with Crippen LogP contribution < -0.4 is 10.6 Å². The molecule has 6 nitrogen and oxygen atoms in total. The van der Waals surface area contributed by atoms with E-state index in [1.807, 2.05) is 30.5 Å². The van der Waals surface area contributed by atoms with Crippen molar-refractivity contribution < 1.29 is 14.3 Å². The summed E-state index contributed by atoms with van der Waals surface area (Å²) in [5.74, 6) is -1.25. The largest absolute Gasteiger partial charge is 0.458 e. The van der Waals surface area contributed by atoms with Gasteiger partial charge in [-0.3, -0.25) is 4.79 Å². The molecule has 2 N–H and O–H groups in total. The molecule has 33 heavy (non-hydrogen) atoms. The quantitative estimate of drug-likeness (QED) is 0.367. The number of dihydropyridines is 1. The van der Waals surface area contributed by atoms with Crippen LogP contribution in [0.2, 0.25) is 5.02 Å². The number of carbonyl (C=O) groups is 2. The number of carbonyl (C=O) groups excluding carboxylic acids is 2. The van der Waals surface area contributed by atoms with Crippen LogP contribution in [0, 0.1) is 18.3 Å². The highest BCUT2D eigenvalue weighted by atomic mass is 35.5. The number of allylic oxidation sites excluding steroid dienone is 2. The second-order valence-corrected chi connectivity index (χ2v) is 9.55. The van der Waals surface area contributed by atoms with Gasteiger partial charge in [0.1, 0.15) is 6.61 Å². The van der Waals surface area contributed by atoms with E-state index in [4.69, 9.17) is 16.3 Å². The molecule has 0 spiro atoms. The van der Waals surface area contributed by atoms with E-state index >= 15 is 0 Å². The van der Waals surface area contributed by atoms with Gasteiger partial charge in [-0.15, -0.1) is 11.3 Å². The summed E-state index contributed by atoms with van der Waals surface area (Å²) in [5, 5.41) is 18.9. The minimum atomic E-state index is -0.575. The lowest BCUT2D eigenvalue weighted by atomic mass is 9.87. The normalized spacial score (nSPS) is 15.5. The third kappa shape index (κ3) is 5.88. The number of aryl methyl sites for hydroxylation is 1. The van der Waals surface area contributed by atoms with Gasteiger partial charge in [0.25, 0.3) is 0 Å². The number of rotatable bonds is 8. The lowest BCUT2D eigenvalue weighted by molar-refractivity contribution is -0.138. The zero-order valence-corrected chi connectivity index (χ0v) is 20.5. The van der Waals surface area contributed by atoms with E-state index in [9.17, 15) is 14.9 Å². The lowest BCUT2D eigenvalue weighted by Gasteiger charge is -2.28. The fraction of sp³-hybridized carbons (Fsp3) is 0.208. The zero-order valence-electron chi connectivity index (χ0n) is 18.1. The summed E-state index contributed by atoms with van der Waals surface area (Å²) in [5.41, 5.74) is 2.85. The van der Waals surface area contributed by atoms with Gasteiger partial charge in [0, 0.05) is 21.3 Å². The highest BCUT2D eigenvalue weighted by molar-refractivity contribution is 8.03. The maximum atomic E-state index is 12.8. The van der Waals surface area contributed by atoms with Crippen LogP contribution >= 0.6 is 34.7 Å².